The minimum Gasteiger partial charge on any atom is -0.394 e. The maximum atomic E-state index is 9.54. The van der Waals surface area contributed by atoms with Crippen LogP contribution in [0, 0.1) is 0 Å². The fourth-order valence-corrected chi connectivity index (χ4v) is 2.54. The average molecular weight is 249 g/mol. The standard InChI is InChI=1S/C15H23NO2/c1-2-14-10-13(8-9-18-14)16-15(11-17)12-6-4-3-5-7-12/h3-7,13-17H,2,8-11H2,1H3/t13?,14?,15-/m1/s1. The van der Waals surface area contributed by atoms with E-state index in [-0.39, 0.29) is 12.6 Å². The molecule has 0 spiro atoms. The number of ether oxygens (including phenoxy) is 1. The monoisotopic (exact) mass is 249 g/mol. The van der Waals surface area contributed by atoms with Crippen LogP contribution in [0.2, 0.25) is 0 Å². The fraction of sp³-hybridized carbons (Fsp3) is 0.600. The van der Waals surface area contributed by atoms with Crippen LogP contribution in [0.4, 0.5) is 0 Å². The van der Waals surface area contributed by atoms with Crippen molar-refractivity contribution in [3.05, 3.63) is 35.9 Å². The molecule has 1 aromatic rings. The van der Waals surface area contributed by atoms with Gasteiger partial charge in [-0.1, -0.05) is 37.3 Å². The average Bonchev–Trinajstić information content (AvgIpc) is 2.46. The van der Waals surface area contributed by atoms with Crippen LogP contribution in [-0.2, 0) is 4.74 Å². The van der Waals surface area contributed by atoms with Crippen LogP contribution in [0.3, 0.4) is 0 Å². The molecule has 100 valence electrons. The van der Waals surface area contributed by atoms with Crippen LogP contribution in [0.15, 0.2) is 30.3 Å². The first-order valence-electron chi connectivity index (χ1n) is 6.87. The highest BCUT2D eigenvalue weighted by atomic mass is 16.5. The number of rotatable bonds is 5. The Balaban J connectivity index is 1.94. The third-order valence-corrected chi connectivity index (χ3v) is 3.64. The minimum absolute atomic E-state index is 0.0341. The normalized spacial score (nSPS) is 25.9. The molecule has 0 aliphatic carbocycles. The van der Waals surface area contributed by atoms with Crippen molar-refractivity contribution in [2.75, 3.05) is 13.2 Å². The van der Waals surface area contributed by atoms with Crippen molar-refractivity contribution < 1.29 is 9.84 Å². The highest BCUT2D eigenvalue weighted by molar-refractivity contribution is 5.19. The van der Waals surface area contributed by atoms with E-state index in [2.05, 4.69) is 24.4 Å². The summed E-state index contributed by atoms with van der Waals surface area (Å²) in [4.78, 5) is 0. The zero-order chi connectivity index (χ0) is 12.8. The Morgan fingerprint density at radius 2 is 2.17 bits per heavy atom. The molecule has 0 amide bonds. The molecule has 3 heteroatoms. The summed E-state index contributed by atoms with van der Waals surface area (Å²) in [6, 6.07) is 10.6. The maximum absolute atomic E-state index is 9.54. The molecule has 2 rings (SSSR count). The van der Waals surface area contributed by atoms with Crippen LogP contribution < -0.4 is 5.32 Å². The number of hydrogen-bond donors (Lipinski definition) is 2. The lowest BCUT2D eigenvalue weighted by atomic mass is 9.99. The molecule has 3 nitrogen and oxygen atoms in total. The first kappa shape index (κ1) is 13.5. The highest BCUT2D eigenvalue weighted by Crippen LogP contribution is 2.20. The van der Waals surface area contributed by atoms with Gasteiger partial charge in [0.25, 0.3) is 0 Å². The Morgan fingerprint density at radius 3 is 2.83 bits per heavy atom. The van der Waals surface area contributed by atoms with Gasteiger partial charge in [0.2, 0.25) is 0 Å². The van der Waals surface area contributed by atoms with Gasteiger partial charge in [-0.15, -0.1) is 0 Å². The van der Waals surface area contributed by atoms with Gasteiger partial charge in [-0.2, -0.15) is 0 Å². The molecule has 0 radical (unpaired) electrons. The number of aliphatic hydroxyl groups excluding tert-OH is 1. The zero-order valence-corrected chi connectivity index (χ0v) is 11.0. The van der Waals surface area contributed by atoms with E-state index in [0.29, 0.717) is 12.1 Å². The second-order valence-electron chi connectivity index (χ2n) is 4.93. The van der Waals surface area contributed by atoms with Crippen molar-refractivity contribution in [1.29, 1.82) is 0 Å². The molecular weight excluding hydrogens is 226 g/mol. The Kier molecular flexibility index (Phi) is 5.17. The van der Waals surface area contributed by atoms with Gasteiger partial charge in [0.1, 0.15) is 0 Å². The summed E-state index contributed by atoms with van der Waals surface area (Å²) in [6.45, 7) is 3.12. The Bertz CT molecular complexity index is 342. The lowest BCUT2D eigenvalue weighted by molar-refractivity contribution is -0.00335. The van der Waals surface area contributed by atoms with Gasteiger partial charge < -0.3 is 15.2 Å². The molecular formula is C15H23NO2. The van der Waals surface area contributed by atoms with Gasteiger partial charge in [-0.3, -0.25) is 0 Å². The smallest absolute Gasteiger partial charge is 0.0626 e. The second kappa shape index (κ2) is 6.88. The van der Waals surface area contributed by atoms with Gasteiger partial charge in [0, 0.05) is 12.6 Å². The quantitative estimate of drug-likeness (QED) is 0.841. The molecule has 1 saturated heterocycles. The molecule has 2 unspecified atom stereocenters. The Labute approximate surface area is 109 Å². The first-order valence-corrected chi connectivity index (χ1v) is 6.87. The zero-order valence-electron chi connectivity index (χ0n) is 11.0. The maximum Gasteiger partial charge on any atom is 0.0626 e. The molecule has 1 aromatic carbocycles. The van der Waals surface area contributed by atoms with Crippen molar-refractivity contribution in [2.24, 2.45) is 0 Å². The molecule has 18 heavy (non-hydrogen) atoms. The first-order chi connectivity index (χ1) is 8.83. The van der Waals surface area contributed by atoms with Crippen LogP contribution in [-0.4, -0.2) is 30.5 Å². The van der Waals surface area contributed by atoms with Crippen molar-refractivity contribution in [2.45, 2.75) is 44.4 Å². The third kappa shape index (κ3) is 3.55. The van der Waals surface area contributed by atoms with Crippen LogP contribution in [0.5, 0.6) is 0 Å². The minimum atomic E-state index is 0.0341. The van der Waals surface area contributed by atoms with E-state index in [1.165, 1.54) is 0 Å². The molecule has 2 N–H and O–H groups in total. The Hall–Kier alpha value is -0.900. The lowest BCUT2D eigenvalue weighted by Gasteiger charge is -2.32. The van der Waals surface area contributed by atoms with E-state index in [1.54, 1.807) is 0 Å². The third-order valence-electron chi connectivity index (χ3n) is 3.64. The molecule has 0 aromatic heterocycles. The number of hydrogen-bond acceptors (Lipinski definition) is 3. The van der Waals surface area contributed by atoms with Crippen molar-refractivity contribution >= 4 is 0 Å². The van der Waals surface area contributed by atoms with Crippen LogP contribution >= 0.6 is 0 Å². The van der Waals surface area contributed by atoms with E-state index in [4.69, 9.17) is 4.74 Å². The summed E-state index contributed by atoms with van der Waals surface area (Å²) in [5.74, 6) is 0. The van der Waals surface area contributed by atoms with Gasteiger partial charge in [0.15, 0.2) is 0 Å². The Morgan fingerprint density at radius 1 is 1.39 bits per heavy atom. The molecule has 3 atom stereocenters. The predicted octanol–water partition coefficient (Wildman–Crippen LogP) is 2.27. The highest BCUT2D eigenvalue weighted by Gasteiger charge is 2.23. The number of aliphatic hydroxyl groups is 1. The van der Waals surface area contributed by atoms with E-state index >= 15 is 0 Å². The predicted molar refractivity (Wildman–Crippen MR) is 72.5 cm³/mol. The van der Waals surface area contributed by atoms with E-state index < -0.39 is 0 Å². The molecule has 0 saturated carbocycles. The van der Waals surface area contributed by atoms with Gasteiger partial charge in [0.05, 0.1) is 18.8 Å². The van der Waals surface area contributed by atoms with E-state index in [1.807, 2.05) is 18.2 Å². The summed E-state index contributed by atoms with van der Waals surface area (Å²) >= 11 is 0. The summed E-state index contributed by atoms with van der Waals surface area (Å²) in [5.41, 5.74) is 1.15. The second-order valence-corrected chi connectivity index (χ2v) is 4.93. The summed E-state index contributed by atoms with van der Waals surface area (Å²) in [5, 5.41) is 13.1. The van der Waals surface area contributed by atoms with Crippen molar-refractivity contribution in [1.82, 2.24) is 5.32 Å². The SMILES string of the molecule is CCC1CC(N[C@H](CO)c2ccccc2)CCO1. The molecule has 1 aliphatic heterocycles. The lowest BCUT2D eigenvalue weighted by Crippen LogP contribution is -2.41. The largest absolute Gasteiger partial charge is 0.394 e. The topological polar surface area (TPSA) is 41.5 Å². The molecule has 1 heterocycles. The van der Waals surface area contributed by atoms with Crippen molar-refractivity contribution in [3.8, 4) is 0 Å². The molecule has 1 fully saturated rings. The van der Waals surface area contributed by atoms with Gasteiger partial charge in [-0.05, 0) is 24.8 Å². The van der Waals surface area contributed by atoms with Gasteiger partial charge >= 0.3 is 0 Å². The number of nitrogens with one attached hydrogen (secondary N) is 1. The number of benzene rings is 1. The molecule has 0 bridgehead atoms. The van der Waals surface area contributed by atoms with Crippen LogP contribution in [0.25, 0.3) is 0 Å². The fourth-order valence-electron chi connectivity index (χ4n) is 2.54. The molecule has 1 aliphatic rings. The van der Waals surface area contributed by atoms with Crippen LogP contribution in [0.1, 0.15) is 37.8 Å². The van der Waals surface area contributed by atoms with Crippen molar-refractivity contribution in [3.63, 3.8) is 0 Å². The summed E-state index contributed by atoms with van der Waals surface area (Å²) < 4.78 is 5.68. The van der Waals surface area contributed by atoms with Gasteiger partial charge in [-0.25, -0.2) is 0 Å². The summed E-state index contributed by atoms with van der Waals surface area (Å²) in [6.07, 6.45) is 3.50. The van der Waals surface area contributed by atoms with E-state index in [0.717, 1.165) is 31.4 Å². The van der Waals surface area contributed by atoms with E-state index in [9.17, 15) is 5.11 Å². The summed E-state index contributed by atoms with van der Waals surface area (Å²) in [7, 11) is 0.